The number of hydrogen-bond donors (Lipinski definition) is 2. The van der Waals surface area contributed by atoms with E-state index in [1.54, 1.807) is 6.07 Å². The van der Waals surface area contributed by atoms with Crippen molar-refractivity contribution in [3.05, 3.63) is 89.2 Å². The fourth-order valence-electron chi connectivity index (χ4n) is 2.49. The first kappa shape index (κ1) is 17.5. The lowest BCUT2D eigenvalue weighted by Gasteiger charge is -2.10. The molecule has 2 aromatic carbocycles. The van der Waals surface area contributed by atoms with Gasteiger partial charge < -0.3 is 10.6 Å². The lowest BCUT2D eigenvalue weighted by molar-refractivity contribution is 0.0950. The first-order valence-corrected chi connectivity index (χ1v) is 8.02. The van der Waals surface area contributed by atoms with Crippen LogP contribution in [0.1, 0.15) is 21.5 Å². The van der Waals surface area contributed by atoms with Gasteiger partial charge in [-0.25, -0.2) is 8.78 Å². The topological polar surface area (TPSA) is 54.0 Å². The molecular formula is C20H17F2N3O. The molecule has 0 aliphatic rings. The van der Waals surface area contributed by atoms with Gasteiger partial charge in [-0.3, -0.25) is 9.78 Å². The summed E-state index contributed by atoms with van der Waals surface area (Å²) in [5.41, 5.74) is 2.98. The predicted molar refractivity (Wildman–Crippen MR) is 96.2 cm³/mol. The van der Waals surface area contributed by atoms with Gasteiger partial charge in [0.15, 0.2) is 0 Å². The number of aromatic nitrogens is 1. The second kappa shape index (κ2) is 7.74. The number of aryl methyl sites for hydroxylation is 1. The van der Waals surface area contributed by atoms with Crippen LogP contribution in [0, 0.1) is 18.6 Å². The summed E-state index contributed by atoms with van der Waals surface area (Å²) in [4.78, 5) is 16.3. The number of halogens is 2. The van der Waals surface area contributed by atoms with Gasteiger partial charge >= 0.3 is 0 Å². The number of carbonyl (C=O) groups is 1. The summed E-state index contributed by atoms with van der Waals surface area (Å²) in [6, 6.07) is 12.6. The quantitative estimate of drug-likeness (QED) is 0.717. The number of carbonyl (C=O) groups excluding carboxylic acids is 1. The molecule has 26 heavy (non-hydrogen) atoms. The van der Waals surface area contributed by atoms with Gasteiger partial charge in [0.05, 0.1) is 23.1 Å². The molecule has 0 saturated heterocycles. The molecular weight excluding hydrogens is 336 g/mol. The van der Waals surface area contributed by atoms with Crippen molar-refractivity contribution in [2.24, 2.45) is 0 Å². The van der Waals surface area contributed by atoms with Crippen LogP contribution in [0.5, 0.6) is 0 Å². The molecule has 1 amide bonds. The molecule has 0 atom stereocenters. The van der Waals surface area contributed by atoms with Gasteiger partial charge in [-0.2, -0.15) is 0 Å². The second-order valence-corrected chi connectivity index (χ2v) is 5.88. The SMILES string of the molecule is Cc1cccc(CNC(=O)c2cncc(Nc3ccc(F)cc3F)c2)c1. The Morgan fingerprint density at radius 2 is 1.92 bits per heavy atom. The number of nitrogens with zero attached hydrogens (tertiary/aromatic N) is 1. The molecule has 0 unspecified atom stereocenters. The van der Waals surface area contributed by atoms with E-state index in [1.165, 1.54) is 18.5 Å². The van der Waals surface area contributed by atoms with E-state index in [9.17, 15) is 13.6 Å². The zero-order valence-electron chi connectivity index (χ0n) is 14.1. The number of pyridine rings is 1. The summed E-state index contributed by atoms with van der Waals surface area (Å²) in [5.74, 6) is -1.67. The minimum absolute atomic E-state index is 0.102. The average molecular weight is 353 g/mol. The van der Waals surface area contributed by atoms with Crippen LogP contribution < -0.4 is 10.6 Å². The molecule has 0 aliphatic heterocycles. The summed E-state index contributed by atoms with van der Waals surface area (Å²) in [6.07, 6.45) is 2.89. The first-order chi connectivity index (χ1) is 12.5. The number of hydrogen-bond acceptors (Lipinski definition) is 3. The average Bonchev–Trinajstić information content (AvgIpc) is 2.62. The number of nitrogens with one attached hydrogen (secondary N) is 2. The molecule has 132 valence electrons. The van der Waals surface area contributed by atoms with Gasteiger partial charge in [0.25, 0.3) is 5.91 Å². The summed E-state index contributed by atoms with van der Waals surface area (Å²) in [6.45, 7) is 2.38. The van der Waals surface area contributed by atoms with Gasteiger partial charge in [-0.05, 0) is 30.7 Å². The summed E-state index contributed by atoms with van der Waals surface area (Å²) < 4.78 is 26.7. The third-order valence-corrected chi connectivity index (χ3v) is 3.75. The molecule has 0 spiro atoms. The second-order valence-electron chi connectivity index (χ2n) is 5.88. The van der Waals surface area contributed by atoms with Crippen molar-refractivity contribution in [2.45, 2.75) is 13.5 Å². The van der Waals surface area contributed by atoms with Crippen LogP contribution in [-0.2, 0) is 6.54 Å². The maximum Gasteiger partial charge on any atom is 0.253 e. The van der Waals surface area contributed by atoms with E-state index in [4.69, 9.17) is 0 Å². The van der Waals surface area contributed by atoms with Crippen molar-refractivity contribution < 1.29 is 13.6 Å². The normalized spacial score (nSPS) is 10.4. The lowest BCUT2D eigenvalue weighted by Crippen LogP contribution is -2.23. The van der Waals surface area contributed by atoms with E-state index < -0.39 is 11.6 Å². The van der Waals surface area contributed by atoms with Gasteiger partial charge in [0, 0.05) is 18.8 Å². The van der Waals surface area contributed by atoms with Gasteiger partial charge in [-0.15, -0.1) is 0 Å². The van der Waals surface area contributed by atoms with E-state index in [2.05, 4.69) is 15.6 Å². The molecule has 1 heterocycles. The Kier molecular flexibility index (Phi) is 5.22. The number of rotatable bonds is 5. The van der Waals surface area contributed by atoms with Crippen molar-refractivity contribution in [2.75, 3.05) is 5.32 Å². The van der Waals surface area contributed by atoms with Crippen LogP contribution in [0.15, 0.2) is 60.9 Å². The largest absolute Gasteiger partial charge is 0.352 e. The Hall–Kier alpha value is -3.28. The zero-order valence-corrected chi connectivity index (χ0v) is 14.1. The molecule has 0 fully saturated rings. The molecule has 3 rings (SSSR count). The Labute approximate surface area is 149 Å². The number of benzene rings is 2. The van der Waals surface area contributed by atoms with Gasteiger partial charge in [0.1, 0.15) is 11.6 Å². The summed E-state index contributed by atoms with van der Waals surface area (Å²) in [7, 11) is 0. The van der Waals surface area contributed by atoms with E-state index in [0.29, 0.717) is 17.8 Å². The summed E-state index contributed by atoms with van der Waals surface area (Å²) in [5, 5.41) is 5.61. The van der Waals surface area contributed by atoms with Crippen LogP contribution in [0.25, 0.3) is 0 Å². The van der Waals surface area contributed by atoms with Crippen molar-refractivity contribution >= 4 is 17.3 Å². The number of anilines is 2. The molecule has 4 nitrogen and oxygen atoms in total. The Balaban J connectivity index is 1.69. The minimum Gasteiger partial charge on any atom is -0.352 e. The van der Waals surface area contributed by atoms with Gasteiger partial charge in [-0.1, -0.05) is 29.8 Å². The van der Waals surface area contributed by atoms with E-state index in [-0.39, 0.29) is 11.6 Å². The highest BCUT2D eigenvalue weighted by Gasteiger charge is 2.09. The minimum atomic E-state index is -0.723. The molecule has 3 aromatic rings. The highest BCUT2D eigenvalue weighted by atomic mass is 19.1. The molecule has 0 radical (unpaired) electrons. The molecule has 0 bridgehead atoms. The van der Waals surface area contributed by atoms with Crippen molar-refractivity contribution in [1.29, 1.82) is 0 Å². The van der Waals surface area contributed by atoms with Crippen LogP contribution in [-0.4, -0.2) is 10.9 Å². The molecule has 1 aromatic heterocycles. The Morgan fingerprint density at radius 1 is 1.08 bits per heavy atom. The molecule has 0 saturated carbocycles. The maximum absolute atomic E-state index is 13.7. The first-order valence-electron chi connectivity index (χ1n) is 8.02. The highest BCUT2D eigenvalue weighted by Crippen LogP contribution is 2.20. The highest BCUT2D eigenvalue weighted by molar-refractivity contribution is 5.94. The van der Waals surface area contributed by atoms with Crippen LogP contribution in [0.2, 0.25) is 0 Å². The monoisotopic (exact) mass is 353 g/mol. The fourth-order valence-corrected chi connectivity index (χ4v) is 2.49. The third kappa shape index (κ3) is 4.42. The lowest BCUT2D eigenvalue weighted by atomic mass is 10.1. The van der Waals surface area contributed by atoms with E-state index in [1.807, 2.05) is 31.2 Å². The Morgan fingerprint density at radius 3 is 2.69 bits per heavy atom. The van der Waals surface area contributed by atoms with Crippen LogP contribution >= 0.6 is 0 Å². The fraction of sp³-hybridized carbons (Fsp3) is 0.100. The van der Waals surface area contributed by atoms with Crippen molar-refractivity contribution in [3.8, 4) is 0 Å². The third-order valence-electron chi connectivity index (χ3n) is 3.75. The van der Waals surface area contributed by atoms with E-state index in [0.717, 1.165) is 23.3 Å². The van der Waals surface area contributed by atoms with Crippen molar-refractivity contribution in [3.63, 3.8) is 0 Å². The standard InChI is InChI=1S/C20H17F2N3O/c1-13-3-2-4-14(7-13)10-24-20(26)15-8-17(12-23-11-15)25-19-6-5-16(21)9-18(19)22/h2-9,11-12,25H,10H2,1H3,(H,24,26). The number of amides is 1. The molecule has 0 aliphatic carbocycles. The van der Waals surface area contributed by atoms with Gasteiger partial charge in [0.2, 0.25) is 0 Å². The van der Waals surface area contributed by atoms with Crippen molar-refractivity contribution in [1.82, 2.24) is 10.3 Å². The zero-order chi connectivity index (χ0) is 18.5. The maximum atomic E-state index is 13.7. The Bertz CT molecular complexity index is 944. The van der Waals surface area contributed by atoms with E-state index >= 15 is 0 Å². The smallest absolute Gasteiger partial charge is 0.253 e. The predicted octanol–water partition coefficient (Wildman–Crippen LogP) is 4.34. The summed E-state index contributed by atoms with van der Waals surface area (Å²) >= 11 is 0. The molecule has 6 heteroatoms. The van der Waals surface area contributed by atoms with Crippen LogP contribution in [0.3, 0.4) is 0 Å². The van der Waals surface area contributed by atoms with Crippen LogP contribution in [0.4, 0.5) is 20.2 Å². The molecule has 2 N–H and O–H groups in total.